The molecule has 11 heteroatoms. The summed E-state index contributed by atoms with van der Waals surface area (Å²) in [7, 11) is 1.43. The van der Waals surface area contributed by atoms with Crippen LogP contribution in [0.4, 0.5) is 10.1 Å². The summed E-state index contributed by atoms with van der Waals surface area (Å²) < 4.78 is 25.7. The van der Waals surface area contributed by atoms with E-state index in [0.717, 1.165) is 17.4 Å². The Hall–Kier alpha value is -3.14. The third-order valence-corrected chi connectivity index (χ3v) is 6.64. The predicted molar refractivity (Wildman–Crippen MR) is 121 cm³/mol. The van der Waals surface area contributed by atoms with E-state index in [9.17, 15) is 23.9 Å². The zero-order valence-electron chi connectivity index (χ0n) is 16.9. The number of benzene rings is 2. The Balaban J connectivity index is 1.67. The van der Waals surface area contributed by atoms with Crippen LogP contribution >= 0.6 is 34.5 Å². The summed E-state index contributed by atoms with van der Waals surface area (Å²) in [5.74, 6) is -3.28. The molecule has 0 spiro atoms. The number of aromatic carboxylic acids is 1. The molecule has 33 heavy (non-hydrogen) atoms. The molecular weight excluding hydrogens is 496 g/mol. The minimum atomic E-state index is -1.30. The number of methoxy groups -OCH3 is 1. The van der Waals surface area contributed by atoms with Crippen molar-refractivity contribution < 1.29 is 33.4 Å². The molecule has 0 bridgehead atoms. The summed E-state index contributed by atoms with van der Waals surface area (Å²) in [5.41, 5.74) is 0.295. The van der Waals surface area contributed by atoms with Gasteiger partial charge in [-0.1, -0.05) is 23.2 Å². The van der Waals surface area contributed by atoms with Crippen molar-refractivity contribution in [2.75, 3.05) is 12.0 Å². The maximum Gasteiger partial charge on any atom is 0.346 e. The van der Waals surface area contributed by atoms with E-state index < -0.39 is 23.6 Å². The zero-order chi connectivity index (χ0) is 23.9. The largest absolute Gasteiger partial charge is 0.495 e. The molecule has 0 saturated heterocycles. The number of imide groups is 1. The molecule has 1 aromatic heterocycles. The number of anilines is 1. The molecule has 170 valence electrons. The second kappa shape index (κ2) is 9.01. The van der Waals surface area contributed by atoms with Crippen molar-refractivity contribution in [1.29, 1.82) is 0 Å². The summed E-state index contributed by atoms with van der Waals surface area (Å²) in [5, 5.41) is 11.5. The summed E-state index contributed by atoms with van der Waals surface area (Å²) in [4.78, 5) is 37.6. The average molecular weight is 510 g/mol. The first-order chi connectivity index (χ1) is 15.7. The molecule has 2 aromatic carbocycles. The minimum absolute atomic E-state index is 0.0899. The van der Waals surface area contributed by atoms with Gasteiger partial charge in [-0.3, -0.25) is 9.59 Å². The highest BCUT2D eigenvalue weighted by Gasteiger charge is 2.38. The van der Waals surface area contributed by atoms with E-state index >= 15 is 0 Å². The van der Waals surface area contributed by atoms with Crippen molar-refractivity contribution in [2.45, 2.75) is 13.0 Å². The lowest BCUT2D eigenvalue weighted by Gasteiger charge is -2.26. The molecule has 0 unspecified atom stereocenters. The molecule has 0 radical (unpaired) electrons. The lowest BCUT2D eigenvalue weighted by Crippen LogP contribution is -2.43. The lowest BCUT2D eigenvalue weighted by molar-refractivity contribution is -0.117. The Morgan fingerprint density at radius 2 is 1.94 bits per heavy atom. The number of amides is 2. The molecule has 1 N–H and O–H groups in total. The van der Waals surface area contributed by atoms with Crippen LogP contribution < -0.4 is 14.4 Å². The fourth-order valence-corrected chi connectivity index (χ4v) is 4.82. The smallest absolute Gasteiger partial charge is 0.346 e. The van der Waals surface area contributed by atoms with E-state index in [2.05, 4.69) is 0 Å². The second-order valence-corrected chi connectivity index (χ2v) is 8.62. The van der Waals surface area contributed by atoms with Crippen LogP contribution in [0.5, 0.6) is 11.5 Å². The number of ether oxygens (including phenoxy) is 2. The molecule has 0 saturated carbocycles. The molecule has 0 fully saturated rings. The number of halogens is 3. The molecule has 0 atom stereocenters. The summed E-state index contributed by atoms with van der Waals surface area (Å²) in [6.45, 7) is -0.0899. The summed E-state index contributed by atoms with van der Waals surface area (Å²) >= 11 is 13.2. The highest BCUT2D eigenvalue weighted by Crippen LogP contribution is 2.37. The normalized spacial score (nSPS) is 13.2. The summed E-state index contributed by atoms with van der Waals surface area (Å²) in [6, 6.07) is 6.70. The molecule has 1 aliphatic heterocycles. The first-order valence-corrected chi connectivity index (χ1v) is 11.0. The van der Waals surface area contributed by atoms with Crippen LogP contribution in [0.1, 0.15) is 31.2 Å². The van der Waals surface area contributed by atoms with E-state index in [-0.39, 0.29) is 34.9 Å². The Morgan fingerprint density at radius 3 is 2.64 bits per heavy atom. The maximum atomic E-state index is 14.7. The zero-order valence-corrected chi connectivity index (χ0v) is 19.2. The van der Waals surface area contributed by atoms with E-state index in [0.29, 0.717) is 31.8 Å². The van der Waals surface area contributed by atoms with Gasteiger partial charge in [0.25, 0.3) is 5.91 Å². The number of hydrogen-bond donors (Lipinski definition) is 1. The van der Waals surface area contributed by atoms with Crippen LogP contribution in [0.15, 0.2) is 35.7 Å². The average Bonchev–Trinajstić information content (AvgIpc) is 3.20. The molecule has 1 aliphatic rings. The Bertz CT molecular complexity index is 1310. The van der Waals surface area contributed by atoms with Crippen molar-refractivity contribution in [3.8, 4) is 11.5 Å². The SMILES string of the molecule is COc1c(Cl)ccc(Cl)c1COc1ccc(F)c(N2C(=O)Cc3csc(C(=O)O)c3C2=O)c1. The van der Waals surface area contributed by atoms with Gasteiger partial charge in [-0.05, 0) is 35.2 Å². The molecule has 2 heterocycles. The predicted octanol–water partition coefficient (Wildman–Crippen LogP) is 5.21. The van der Waals surface area contributed by atoms with Crippen molar-refractivity contribution in [3.63, 3.8) is 0 Å². The molecule has 7 nitrogen and oxygen atoms in total. The van der Waals surface area contributed by atoms with Gasteiger partial charge in [0.15, 0.2) is 0 Å². The van der Waals surface area contributed by atoms with Crippen LogP contribution in [0, 0.1) is 5.82 Å². The molecule has 4 rings (SSSR count). The maximum absolute atomic E-state index is 14.7. The number of rotatable bonds is 6. The van der Waals surface area contributed by atoms with Crippen LogP contribution in [-0.2, 0) is 17.8 Å². The van der Waals surface area contributed by atoms with E-state index in [4.69, 9.17) is 32.7 Å². The highest BCUT2D eigenvalue weighted by molar-refractivity contribution is 7.12. The van der Waals surface area contributed by atoms with Gasteiger partial charge in [0.1, 0.15) is 28.8 Å². The lowest BCUT2D eigenvalue weighted by atomic mass is 10.0. The number of hydrogen-bond acceptors (Lipinski definition) is 6. The Labute approximate surface area is 200 Å². The monoisotopic (exact) mass is 509 g/mol. The quantitative estimate of drug-likeness (QED) is 0.458. The van der Waals surface area contributed by atoms with Crippen LogP contribution in [0.25, 0.3) is 0 Å². The Kier molecular flexibility index (Phi) is 6.29. The second-order valence-electron chi connectivity index (χ2n) is 6.92. The van der Waals surface area contributed by atoms with Crippen molar-refractivity contribution in [1.82, 2.24) is 0 Å². The molecule has 2 amide bonds. The van der Waals surface area contributed by atoms with Crippen molar-refractivity contribution in [3.05, 3.63) is 73.1 Å². The van der Waals surface area contributed by atoms with Crippen molar-refractivity contribution in [2.24, 2.45) is 0 Å². The van der Waals surface area contributed by atoms with Crippen LogP contribution in [0.2, 0.25) is 10.0 Å². The molecule has 3 aromatic rings. The fourth-order valence-electron chi connectivity index (χ4n) is 3.47. The Morgan fingerprint density at radius 1 is 1.21 bits per heavy atom. The van der Waals surface area contributed by atoms with E-state index in [1.54, 1.807) is 12.1 Å². The third kappa shape index (κ3) is 4.15. The van der Waals surface area contributed by atoms with Gasteiger partial charge in [0.2, 0.25) is 5.91 Å². The number of carbonyl (C=O) groups excluding carboxylic acids is 2. The number of nitrogens with zero attached hydrogens (tertiary/aromatic N) is 1. The summed E-state index contributed by atoms with van der Waals surface area (Å²) in [6.07, 6.45) is -0.231. The number of carboxylic acids is 1. The molecule has 0 aliphatic carbocycles. The number of carboxylic acid groups (broad SMARTS) is 1. The first kappa shape index (κ1) is 23.0. The third-order valence-electron chi connectivity index (χ3n) is 4.97. The van der Waals surface area contributed by atoms with Gasteiger partial charge in [-0.2, -0.15) is 0 Å². The fraction of sp³-hybridized carbons (Fsp3) is 0.136. The van der Waals surface area contributed by atoms with Crippen LogP contribution in [-0.4, -0.2) is 30.0 Å². The number of fused-ring (bicyclic) bond motifs is 1. The van der Waals surface area contributed by atoms with E-state index in [1.807, 2.05) is 0 Å². The van der Waals surface area contributed by atoms with Crippen LogP contribution in [0.3, 0.4) is 0 Å². The van der Waals surface area contributed by atoms with Gasteiger partial charge in [0.05, 0.1) is 40.4 Å². The van der Waals surface area contributed by atoms with Gasteiger partial charge in [-0.25, -0.2) is 14.1 Å². The standard InChI is InChI=1S/C22H14Cl2FNO6S/c1-31-19-12(13(23)3-4-14(19)24)8-32-11-2-5-15(25)16(7-11)26-17(27)6-10-9-33-20(22(29)30)18(10)21(26)28/h2-5,7,9H,6,8H2,1H3,(H,29,30). The van der Waals surface area contributed by atoms with Gasteiger partial charge in [-0.15, -0.1) is 11.3 Å². The first-order valence-electron chi connectivity index (χ1n) is 9.37. The van der Waals surface area contributed by atoms with Crippen molar-refractivity contribution >= 4 is 58.0 Å². The highest BCUT2D eigenvalue weighted by atomic mass is 35.5. The topological polar surface area (TPSA) is 93.1 Å². The van der Waals surface area contributed by atoms with Gasteiger partial charge in [0, 0.05) is 6.07 Å². The number of carbonyl (C=O) groups is 3. The van der Waals surface area contributed by atoms with E-state index in [1.165, 1.54) is 24.6 Å². The number of thiophene rings is 1. The minimum Gasteiger partial charge on any atom is -0.495 e. The van der Waals surface area contributed by atoms with Gasteiger partial charge < -0.3 is 14.6 Å². The molecular formula is C22H14Cl2FNO6S. The van der Waals surface area contributed by atoms with Gasteiger partial charge >= 0.3 is 5.97 Å².